The number of aryl methyl sites for hydroxylation is 1. The fourth-order valence-corrected chi connectivity index (χ4v) is 2.44. The molecule has 0 saturated carbocycles. The van der Waals surface area contributed by atoms with Gasteiger partial charge in [0.25, 0.3) is 0 Å². The minimum Gasteiger partial charge on any atom is -0.386 e. The van der Waals surface area contributed by atoms with Crippen molar-refractivity contribution in [1.82, 2.24) is 25.1 Å². The highest BCUT2D eigenvalue weighted by atomic mass is 16.5. The number of morpholine rings is 1. The second-order valence-corrected chi connectivity index (χ2v) is 6.24. The Labute approximate surface area is 173 Å². The first-order valence-corrected chi connectivity index (χ1v) is 9.86. The van der Waals surface area contributed by atoms with Gasteiger partial charge in [0, 0.05) is 32.2 Å². The number of ether oxygens (including phenoxy) is 1. The molecule has 2 aromatic heterocycles. The van der Waals surface area contributed by atoms with E-state index in [1.807, 2.05) is 40.0 Å². The van der Waals surface area contributed by atoms with Crippen LogP contribution >= 0.6 is 0 Å². The van der Waals surface area contributed by atoms with Crippen molar-refractivity contribution >= 4 is 17.3 Å². The van der Waals surface area contributed by atoms with Crippen LogP contribution in [0.4, 0.5) is 17.3 Å². The predicted molar refractivity (Wildman–Crippen MR) is 115 cm³/mol. The summed E-state index contributed by atoms with van der Waals surface area (Å²) < 4.78 is 5.21. The van der Waals surface area contributed by atoms with Gasteiger partial charge < -0.3 is 15.4 Å². The topological polar surface area (TPSA) is 112 Å². The van der Waals surface area contributed by atoms with Gasteiger partial charge in [0.05, 0.1) is 37.0 Å². The van der Waals surface area contributed by atoms with Crippen molar-refractivity contribution in [2.45, 2.75) is 40.7 Å². The normalized spacial score (nSPS) is 13.3. The summed E-state index contributed by atoms with van der Waals surface area (Å²) in [6.07, 6.45) is 2.86. The summed E-state index contributed by atoms with van der Waals surface area (Å²) in [5, 5.41) is 22.6. The van der Waals surface area contributed by atoms with Crippen molar-refractivity contribution in [3.63, 3.8) is 0 Å². The van der Waals surface area contributed by atoms with Crippen LogP contribution in [0.5, 0.6) is 0 Å². The summed E-state index contributed by atoms with van der Waals surface area (Å²) in [6, 6.07) is 4.41. The zero-order valence-corrected chi connectivity index (χ0v) is 18.2. The van der Waals surface area contributed by atoms with Crippen LogP contribution < -0.4 is 10.6 Å². The lowest BCUT2D eigenvalue weighted by molar-refractivity contribution is 0.0238. The van der Waals surface area contributed by atoms with Gasteiger partial charge in [-0.3, -0.25) is 4.90 Å². The molecule has 9 nitrogen and oxygen atoms in total. The number of nitrogens with zero attached hydrogens (tertiary/aromatic N) is 6. The zero-order valence-electron chi connectivity index (χ0n) is 18.2. The molecule has 1 aliphatic rings. The van der Waals surface area contributed by atoms with E-state index in [9.17, 15) is 0 Å². The summed E-state index contributed by atoms with van der Waals surface area (Å²) in [5.41, 5.74) is 1.97. The van der Waals surface area contributed by atoms with Gasteiger partial charge in [-0.1, -0.05) is 13.8 Å². The van der Waals surface area contributed by atoms with E-state index in [1.54, 1.807) is 0 Å². The Morgan fingerprint density at radius 1 is 1.10 bits per heavy atom. The van der Waals surface area contributed by atoms with Gasteiger partial charge in [0.2, 0.25) is 0 Å². The Kier molecular flexibility index (Phi) is 11.2. The number of nitriles is 1. The average molecular weight is 401 g/mol. The molecule has 1 fully saturated rings. The maximum absolute atomic E-state index is 8.61. The van der Waals surface area contributed by atoms with Crippen molar-refractivity contribution in [3.05, 3.63) is 29.8 Å². The van der Waals surface area contributed by atoms with Crippen LogP contribution in [-0.2, 0) is 4.74 Å². The summed E-state index contributed by atoms with van der Waals surface area (Å²) in [4.78, 5) is 10.4. The van der Waals surface area contributed by atoms with Gasteiger partial charge in [-0.2, -0.15) is 10.4 Å². The van der Waals surface area contributed by atoms with Gasteiger partial charge >= 0.3 is 0 Å². The van der Waals surface area contributed by atoms with Crippen molar-refractivity contribution in [2.75, 3.05) is 44.0 Å². The summed E-state index contributed by atoms with van der Waals surface area (Å²) in [7, 11) is 1.81. The SMILES string of the molecule is CC.CC(C)N1CCOCC1.CNc1cc(Nc2cnc(C#N)cn2)nnc1C. The second kappa shape index (κ2) is 13.4. The van der Waals surface area contributed by atoms with E-state index in [0.717, 1.165) is 37.7 Å². The molecule has 3 heterocycles. The quantitative estimate of drug-likeness (QED) is 0.799. The molecule has 3 rings (SSSR count). The highest BCUT2D eigenvalue weighted by Gasteiger charge is 2.12. The lowest BCUT2D eigenvalue weighted by Crippen LogP contribution is -2.40. The Morgan fingerprint density at radius 3 is 2.28 bits per heavy atom. The summed E-state index contributed by atoms with van der Waals surface area (Å²) >= 11 is 0. The molecule has 0 aliphatic carbocycles. The number of anilines is 3. The standard InChI is InChI=1S/C11H11N7.C7H15NO.C2H6/c1-7-9(13-2)3-10(18-17-7)16-11-6-14-8(4-12)5-15-11;1-7(2)8-3-5-9-6-4-8;1-2/h3,5-6H,1-2H3,(H2,13,15,16,18);7H,3-6H2,1-2H3;1-2H3. The van der Waals surface area contributed by atoms with Gasteiger partial charge in [-0.25, -0.2) is 9.97 Å². The molecule has 0 amide bonds. The van der Waals surface area contributed by atoms with Gasteiger partial charge in [-0.15, -0.1) is 5.10 Å². The Balaban J connectivity index is 0.000000321. The van der Waals surface area contributed by atoms with Gasteiger partial charge in [0.15, 0.2) is 11.5 Å². The lowest BCUT2D eigenvalue weighted by atomic mass is 10.3. The highest BCUT2D eigenvalue weighted by Crippen LogP contribution is 2.17. The molecule has 1 aliphatic heterocycles. The number of hydrogen-bond donors (Lipinski definition) is 2. The molecular formula is C20H32N8O. The van der Waals surface area contributed by atoms with Gasteiger partial charge in [-0.05, 0) is 20.8 Å². The molecule has 0 radical (unpaired) electrons. The third-order valence-corrected chi connectivity index (χ3v) is 4.05. The van der Waals surface area contributed by atoms with Crippen LogP contribution in [0.2, 0.25) is 0 Å². The molecule has 158 valence electrons. The Morgan fingerprint density at radius 2 is 1.79 bits per heavy atom. The first-order chi connectivity index (χ1) is 14.0. The van der Waals surface area contributed by atoms with Crippen LogP contribution in [0.15, 0.2) is 18.5 Å². The van der Waals surface area contributed by atoms with Crippen LogP contribution in [0.1, 0.15) is 39.1 Å². The van der Waals surface area contributed by atoms with E-state index >= 15 is 0 Å². The fraction of sp³-hybridized carbons (Fsp3) is 0.550. The van der Waals surface area contributed by atoms with Crippen LogP contribution in [0.25, 0.3) is 0 Å². The molecule has 0 bridgehead atoms. The smallest absolute Gasteiger partial charge is 0.158 e. The predicted octanol–water partition coefficient (Wildman–Crippen LogP) is 2.99. The molecule has 29 heavy (non-hydrogen) atoms. The van der Waals surface area contributed by atoms with Crippen molar-refractivity contribution in [1.29, 1.82) is 5.26 Å². The maximum atomic E-state index is 8.61. The first kappa shape index (κ1) is 24.2. The maximum Gasteiger partial charge on any atom is 0.158 e. The van der Waals surface area contributed by atoms with Crippen molar-refractivity contribution in [2.24, 2.45) is 0 Å². The summed E-state index contributed by atoms with van der Waals surface area (Å²) in [5.74, 6) is 1.07. The number of rotatable bonds is 4. The fourth-order valence-electron chi connectivity index (χ4n) is 2.44. The van der Waals surface area contributed by atoms with Crippen molar-refractivity contribution < 1.29 is 4.74 Å². The zero-order chi connectivity index (χ0) is 21.6. The van der Waals surface area contributed by atoms with E-state index < -0.39 is 0 Å². The first-order valence-electron chi connectivity index (χ1n) is 9.86. The molecule has 1 saturated heterocycles. The number of hydrogen-bond acceptors (Lipinski definition) is 9. The summed E-state index contributed by atoms with van der Waals surface area (Å²) in [6.45, 7) is 14.4. The van der Waals surface area contributed by atoms with E-state index in [-0.39, 0.29) is 5.69 Å². The van der Waals surface area contributed by atoms with Crippen LogP contribution in [0.3, 0.4) is 0 Å². The van der Waals surface area contributed by atoms with Crippen LogP contribution in [0, 0.1) is 18.3 Å². The third-order valence-electron chi connectivity index (χ3n) is 4.05. The van der Waals surface area contributed by atoms with Gasteiger partial charge in [0.1, 0.15) is 11.9 Å². The number of aromatic nitrogens is 4. The molecule has 2 aromatic rings. The third kappa shape index (κ3) is 8.37. The minimum atomic E-state index is 0.270. The van der Waals surface area contributed by atoms with E-state index in [4.69, 9.17) is 10.00 Å². The highest BCUT2D eigenvalue weighted by molar-refractivity contribution is 5.58. The average Bonchev–Trinajstić information content (AvgIpc) is 2.78. The molecule has 2 N–H and O–H groups in total. The molecule has 0 spiro atoms. The Bertz CT molecular complexity index is 752. The second-order valence-electron chi connectivity index (χ2n) is 6.24. The molecule has 0 unspecified atom stereocenters. The number of nitrogens with one attached hydrogen (secondary N) is 2. The van der Waals surface area contributed by atoms with E-state index in [0.29, 0.717) is 17.7 Å². The molecule has 0 atom stereocenters. The van der Waals surface area contributed by atoms with Crippen LogP contribution in [-0.4, -0.2) is 64.5 Å². The van der Waals surface area contributed by atoms with E-state index in [1.165, 1.54) is 12.4 Å². The van der Waals surface area contributed by atoms with Crippen molar-refractivity contribution in [3.8, 4) is 6.07 Å². The largest absolute Gasteiger partial charge is 0.386 e. The Hall–Kier alpha value is -2.83. The molecule has 0 aromatic carbocycles. The molecule has 9 heteroatoms. The molecular weight excluding hydrogens is 368 g/mol. The lowest BCUT2D eigenvalue weighted by Gasteiger charge is -2.29. The van der Waals surface area contributed by atoms with E-state index in [2.05, 4.69) is 49.5 Å². The monoisotopic (exact) mass is 400 g/mol. The minimum absolute atomic E-state index is 0.270.